The van der Waals surface area contributed by atoms with E-state index >= 15 is 0 Å². The molecule has 0 saturated carbocycles. The zero-order valence-electron chi connectivity index (χ0n) is 11.1. The van der Waals surface area contributed by atoms with Crippen molar-refractivity contribution in [2.45, 2.75) is 39.7 Å². The average molecular weight is 228 g/mol. The Morgan fingerprint density at radius 2 is 1.76 bits per heavy atom. The molecule has 0 aliphatic heterocycles. The van der Waals surface area contributed by atoms with Gasteiger partial charge in [0.05, 0.1) is 12.7 Å². The Morgan fingerprint density at radius 3 is 2.24 bits per heavy atom. The Labute approximate surface area is 103 Å². The first-order valence-corrected chi connectivity index (χ1v) is 6.03. The summed E-state index contributed by atoms with van der Waals surface area (Å²) in [5.41, 5.74) is 4.09. The van der Waals surface area contributed by atoms with Gasteiger partial charge in [0.1, 0.15) is 0 Å². The van der Waals surface area contributed by atoms with Crippen LogP contribution in [0.2, 0.25) is 0 Å². The van der Waals surface area contributed by atoms with Gasteiger partial charge in [-0.25, -0.2) is 0 Å². The molecule has 1 heterocycles. The minimum atomic E-state index is 0.223. The number of nitrogens with zero attached hydrogens (tertiary/aromatic N) is 2. The maximum Gasteiger partial charge on any atom is 0.0659 e. The quantitative estimate of drug-likeness (QED) is 0.768. The van der Waals surface area contributed by atoms with E-state index in [1.54, 1.807) is 0 Å². The predicted molar refractivity (Wildman–Crippen MR) is 71.2 cm³/mol. The highest BCUT2D eigenvalue weighted by molar-refractivity contribution is 5.27. The minimum Gasteiger partial charge on any atom is -0.268 e. The summed E-state index contributed by atoms with van der Waals surface area (Å²) in [6, 6.07) is 8.81. The number of hydrogen-bond donors (Lipinski definition) is 0. The lowest BCUT2D eigenvalue weighted by Gasteiger charge is -2.19. The van der Waals surface area contributed by atoms with Crippen LogP contribution in [0.5, 0.6) is 0 Å². The molecule has 2 nitrogen and oxygen atoms in total. The zero-order valence-corrected chi connectivity index (χ0v) is 11.1. The second-order valence-corrected chi connectivity index (χ2v) is 5.66. The van der Waals surface area contributed by atoms with Gasteiger partial charge in [-0.05, 0) is 29.0 Å². The SMILES string of the molecule is Cc1cnn(Cc2ccc(C(C)(C)C)cc2)c1. The van der Waals surface area contributed by atoms with E-state index in [-0.39, 0.29) is 5.41 Å². The second kappa shape index (κ2) is 4.36. The van der Waals surface area contributed by atoms with Crippen molar-refractivity contribution in [2.24, 2.45) is 0 Å². The Bertz CT molecular complexity index is 486. The molecule has 0 aliphatic carbocycles. The first-order chi connectivity index (χ1) is 7.95. The van der Waals surface area contributed by atoms with Crippen LogP contribution in [-0.2, 0) is 12.0 Å². The van der Waals surface area contributed by atoms with Crippen LogP contribution < -0.4 is 0 Å². The van der Waals surface area contributed by atoms with Gasteiger partial charge in [-0.15, -0.1) is 0 Å². The van der Waals surface area contributed by atoms with Crippen LogP contribution in [0.15, 0.2) is 36.7 Å². The molecule has 0 aliphatic rings. The molecule has 0 atom stereocenters. The van der Waals surface area contributed by atoms with Crippen molar-refractivity contribution in [3.8, 4) is 0 Å². The summed E-state index contributed by atoms with van der Waals surface area (Å²) in [6.07, 6.45) is 3.96. The van der Waals surface area contributed by atoms with Gasteiger partial charge in [0.15, 0.2) is 0 Å². The van der Waals surface area contributed by atoms with Crippen molar-refractivity contribution in [3.05, 3.63) is 53.3 Å². The second-order valence-electron chi connectivity index (χ2n) is 5.66. The molecule has 2 heteroatoms. The summed E-state index contributed by atoms with van der Waals surface area (Å²) in [5.74, 6) is 0. The van der Waals surface area contributed by atoms with Crippen molar-refractivity contribution >= 4 is 0 Å². The van der Waals surface area contributed by atoms with Gasteiger partial charge in [0, 0.05) is 6.20 Å². The molecule has 0 N–H and O–H groups in total. The lowest BCUT2D eigenvalue weighted by molar-refractivity contribution is 0.589. The van der Waals surface area contributed by atoms with Gasteiger partial charge in [-0.1, -0.05) is 45.0 Å². The molecule has 0 radical (unpaired) electrons. The van der Waals surface area contributed by atoms with Gasteiger partial charge in [-0.2, -0.15) is 5.10 Å². The molecular formula is C15H20N2. The molecule has 2 rings (SSSR count). The van der Waals surface area contributed by atoms with E-state index in [9.17, 15) is 0 Å². The van der Waals surface area contributed by atoms with E-state index in [2.05, 4.69) is 63.3 Å². The van der Waals surface area contributed by atoms with Crippen LogP contribution in [-0.4, -0.2) is 9.78 Å². The Kier molecular flexibility index (Phi) is 3.05. The lowest BCUT2D eigenvalue weighted by Crippen LogP contribution is -2.11. The molecule has 17 heavy (non-hydrogen) atoms. The fourth-order valence-electron chi connectivity index (χ4n) is 1.85. The van der Waals surface area contributed by atoms with Gasteiger partial charge < -0.3 is 0 Å². The Morgan fingerprint density at radius 1 is 1.12 bits per heavy atom. The third-order valence-corrected chi connectivity index (χ3v) is 2.93. The van der Waals surface area contributed by atoms with E-state index in [1.165, 1.54) is 16.7 Å². The molecule has 0 saturated heterocycles. The van der Waals surface area contributed by atoms with Crippen LogP contribution in [0.3, 0.4) is 0 Å². The molecule has 1 aromatic carbocycles. The highest BCUT2D eigenvalue weighted by atomic mass is 15.3. The predicted octanol–water partition coefficient (Wildman–Crippen LogP) is 3.54. The molecule has 90 valence electrons. The summed E-state index contributed by atoms with van der Waals surface area (Å²) in [6.45, 7) is 9.61. The molecule has 0 spiro atoms. The zero-order chi connectivity index (χ0) is 12.5. The fourth-order valence-corrected chi connectivity index (χ4v) is 1.85. The molecular weight excluding hydrogens is 208 g/mol. The van der Waals surface area contributed by atoms with Crippen molar-refractivity contribution in [3.63, 3.8) is 0 Å². The third-order valence-electron chi connectivity index (χ3n) is 2.93. The van der Waals surface area contributed by atoms with Crippen molar-refractivity contribution < 1.29 is 0 Å². The Hall–Kier alpha value is -1.57. The Balaban J connectivity index is 2.13. The number of hydrogen-bond acceptors (Lipinski definition) is 1. The number of aryl methyl sites for hydroxylation is 1. The number of aromatic nitrogens is 2. The first-order valence-electron chi connectivity index (χ1n) is 6.03. The first kappa shape index (κ1) is 11.9. The highest BCUT2D eigenvalue weighted by Gasteiger charge is 2.12. The van der Waals surface area contributed by atoms with E-state index < -0.39 is 0 Å². The van der Waals surface area contributed by atoms with Crippen LogP contribution >= 0.6 is 0 Å². The molecule has 0 bridgehead atoms. The molecule has 0 unspecified atom stereocenters. The fraction of sp³-hybridized carbons (Fsp3) is 0.400. The van der Waals surface area contributed by atoms with Crippen molar-refractivity contribution in [1.29, 1.82) is 0 Å². The van der Waals surface area contributed by atoms with Gasteiger partial charge in [0.25, 0.3) is 0 Å². The van der Waals surface area contributed by atoms with Crippen LogP contribution in [0.4, 0.5) is 0 Å². The smallest absolute Gasteiger partial charge is 0.0659 e. The monoisotopic (exact) mass is 228 g/mol. The van der Waals surface area contributed by atoms with E-state index in [0.29, 0.717) is 0 Å². The standard InChI is InChI=1S/C15H20N2/c1-12-9-16-17(10-12)11-13-5-7-14(8-6-13)15(2,3)4/h5-10H,11H2,1-4H3. The normalized spacial score (nSPS) is 11.8. The average Bonchev–Trinajstić information content (AvgIpc) is 2.63. The van der Waals surface area contributed by atoms with E-state index in [0.717, 1.165) is 6.54 Å². The molecule has 2 aromatic rings. The summed E-state index contributed by atoms with van der Waals surface area (Å²) >= 11 is 0. The molecule has 0 amide bonds. The van der Waals surface area contributed by atoms with Crippen molar-refractivity contribution in [2.75, 3.05) is 0 Å². The summed E-state index contributed by atoms with van der Waals surface area (Å²) in [5, 5.41) is 4.30. The van der Waals surface area contributed by atoms with E-state index in [4.69, 9.17) is 0 Å². The highest BCUT2D eigenvalue weighted by Crippen LogP contribution is 2.22. The van der Waals surface area contributed by atoms with E-state index in [1.807, 2.05) is 10.9 Å². The van der Waals surface area contributed by atoms with Gasteiger partial charge in [-0.3, -0.25) is 4.68 Å². The van der Waals surface area contributed by atoms with Crippen LogP contribution in [0.1, 0.15) is 37.5 Å². The lowest BCUT2D eigenvalue weighted by atomic mass is 9.87. The summed E-state index contributed by atoms with van der Waals surface area (Å²) in [7, 11) is 0. The van der Waals surface area contributed by atoms with Crippen molar-refractivity contribution in [1.82, 2.24) is 9.78 Å². The summed E-state index contributed by atoms with van der Waals surface area (Å²) < 4.78 is 1.97. The van der Waals surface area contributed by atoms with Crippen LogP contribution in [0.25, 0.3) is 0 Å². The maximum absolute atomic E-state index is 4.30. The molecule has 0 fully saturated rings. The number of rotatable bonds is 2. The largest absolute Gasteiger partial charge is 0.268 e. The van der Waals surface area contributed by atoms with Crippen LogP contribution in [0, 0.1) is 6.92 Å². The maximum atomic E-state index is 4.30. The van der Waals surface area contributed by atoms with Gasteiger partial charge >= 0.3 is 0 Å². The summed E-state index contributed by atoms with van der Waals surface area (Å²) in [4.78, 5) is 0. The third kappa shape index (κ3) is 2.96. The topological polar surface area (TPSA) is 17.8 Å². The number of benzene rings is 1. The van der Waals surface area contributed by atoms with Gasteiger partial charge in [0.2, 0.25) is 0 Å². The molecule has 1 aromatic heterocycles. The minimum absolute atomic E-state index is 0.223.